The van der Waals surface area contributed by atoms with Crippen molar-refractivity contribution >= 4 is 17.4 Å². The zero-order valence-corrected chi connectivity index (χ0v) is 17.9. The highest BCUT2D eigenvalue weighted by Gasteiger charge is 2.27. The molecule has 0 fully saturated rings. The number of hydrogen-bond acceptors (Lipinski definition) is 5. The number of rotatable bonds is 7. The number of aromatic nitrogens is 1. The molecule has 0 unspecified atom stereocenters. The lowest BCUT2D eigenvalue weighted by molar-refractivity contribution is 0.0514. The zero-order valence-electron chi connectivity index (χ0n) is 17.9. The van der Waals surface area contributed by atoms with Crippen LogP contribution in [0.5, 0.6) is 5.75 Å². The number of esters is 1. The Labute approximate surface area is 182 Å². The largest absolute Gasteiger partial charge is 0.497 e. The van der Waals surface area contributed by atoms with Gasteiger partial charge in [-0.1, -0.05) is 30.3 Å². The van der Waals surface area contributed by atoms with E-state index in [1.54, 1.807) is 7.11 Å². The first kappa shape index (κ1) is 20.7. The Bertz CT molecular complexity index is 1070. The summed E-state index contributed by atoms with van der Waals surface area (Å²) in [6.45, 7) is 2.72. The van der Waals surface area contributed by atoms with E-state index in [-0.39, 0.29) is 5.97 Å². The van der Waals surface area contributed by atoms with Crippen LogP contribution in [0.1, 0.15) is 47.1 Å². The maximum Gasteiger partial charge on any atom is 0.354 e. The third-order valence-corrected chi connectivity index (χ3v) is 5.39. The molecule has 160 valence electrons. The van der Waals surface area contributed by atoms with E-state index in [0.717, 1.165) is 53.2 Å². The number of anilines is 1. The van der Waals surface area contributed by atoms with Crippen molar-refractivity contribution in [1.82, 2.24) is 4.57 Å². The molecule has 0 bridgehead atoms. The van der Waals surface area contributed by atoms with Crippen LogP contribution in [0.15, 0.2) is 65.8 Å². The van der Waals surface area contributed by atoms with Crippen molar-refractivity contribution in [2.24, 2.45) is 5.10 Å². The quantitative estimate of drug-likeness (QED) is 0.440. The molecule has 1 aliphatic carbocycles. The Morgan fingerprint density at radius 1 is 1.10 bits per heavy atom. The van der Waals surface area contributed by atoms with Gasteiger partial charge in [0, 0.05) is 6.54 Å². The molecule has 1 N–H and O–H groups in total. The van der Waals surface area contributed by atoms with E-state index < -0.39 is 0 Å². The highest BCUT2D eigenvalue weighted by molar-refractivity contribution is 6.03. The summed E-state index contributed by atoms with van der Waals surface area (Å²) in [4.78, 5) is 12.7. The maximum atomic E-state index is 12.7. The van der Waals surface area contributed by atoms with Gasteiger partial charge in [-0.3, -0.25) is 5.43 Å². The number of ether oxygens (including phenoxy) is 2. The Hall–Kier alpha value is -3.54. The first-order valence-electron chi connectivity index (χ1n) is 10.6. The van der Waals surface area contributed by atoms with Gasteiger partial charge in [-0.25, -0.2) is 4.79 Å². The molecule has 0 amide bonds. The average Bonchev–Trinajstić information content (AvgIpc) is 3.18. The van der Waals surface area contributed by atoms with Gasteiger partial charge in [0.25, 0.3) is 0 Å². The molecule has 0 spiro atoms. The minimum Gasteiger partial charge on any atom is -0.497 e. The molecule has 6 nitrogen and oxygen atoms in total. The van der Waals surface area contributed by atoms with E-state index in [9.17, 15) is 4.79 Å². The molecule has 4 rings (SSSR count). The molecule has 31 heavy (non-hydrogen) atoms. The average molecular weight is 418 g/mol. The molecule has 0 radical (unpaired) electrons. The normalized spacial score (nSPS) is 14.2. The standard InChI is InChI=1S/C25H27N3O3/c1-3-31-25(29)23-16-19-8-7-11-22(27-26-20-9-5-4-6-10-20)24(19)28(23)17-18-12-14-21(30-2)15-13-18/h4-6,9-10,12-16,26H,3,7-8,11,17H2,1-2H3/b27-22+. The van der Waals surface area contributed by atoms with Crippen molar-refractivity contribution in [3.05, 3.63) is 83.2 Å². The highest BCUT2D eigenvalue weighted by atomic mass is 16.5. The molecule has 0 atom stereocenters. The fourth-order valence-corrected chi connectivity index (χ4v) is 3.91. The van der Waals surface area contributed by atoms with Gasteiger partial charge in [0.05, 0.1) is 30.8 Å². The first-order valence-corrected chi connectivity index (χ1v) is 10.6. The number of carbonyl (C=O) groups excluding carboxylic acids is 1. The third-order valence-electron chi connectivity index (χ3n) is 5.39. The van der Waals surface area contributed by atoms with Crippen LogP contribution in [-0.2, 0) is 17.7 Å². The van der Waals surface area contributed by atoms with Crippen LogP contribution in [0.25, 0.3) is 0 Å². The molecule has 3 aromatic rings. The topological polar surface area (TPSA) is 64.8 Å². The second-order valence-electron chi connectivity index (χ2n) is 7.45. The molecular formula is C25H27N3O3. The number of hydrogen-bond donors (Lipinski definition) is 1. The van der Waals surface area contributed by atoms with Gasteiger partial charge in [0.1, 0.15) is 11.4 Å². The van der Waals surface area contributed by atoms with Gasteiger partial charge in [0.2, 0.25) is 0 Å². The molecule has 1 heterocycles. The summed E-state index contributed by atoms with van der Waals surface area (Å²) >= 11 is 0. The number of benzene rings is 2. The Morgan fingerprint density at radius 2 is 1.87 bits per heavy atom. The minimum absolute atomic E-state index is 0.305. The smallest absolute Gasteiger partial charge is 0.354 e. The number of aryl methyl sites for hydroxylation is 1. The molecule has 0 saturated heterocycles. The number of methoxy groups -OCH3 is 1. The lowest BCUT2D eigenvalue weighted by Gasteiger charge is -2.19. The maximum absolute atomic E-state index is 12.7. The Kier molecular flexibility index (Phi) is 6.36. The summed E-state index contributed by atoms with van der Waals surface area (Å²) in [5.41, 5.74) is 8.84. The van der Waals surface area contributed by atoms with E-state index in [0.29, 0.717) is 18.8 Å². The van der Waals surface area contributed by atoms with Crippen LogP contribution in [0.3, 0.4) is 0 Å². The van der Waals surface area contributed by atoms with Crippen LogP contribution < -0.4 is 10.2 Å². The van der Waals surface area contributed by atoms with Gasteiger partial charge in [-0.2, -0.15) is 5.10 Å². The summed E-state index contributed by atoms with van der Waals surface area (Å²) in [6.07, 6.45) is 2.76. The molecule has 1 aromatic heterocycles. The van der Waals surface area contributed by atoms with Gasteiger partial charge < -0.3 is 14.0 Å². The van der Waals surface area contributed by atoms with E-state index in [2.05, 4.69) is 5.43 Å². The monoisotopic (exact) mass is 417 g/mol. The minimum atomic E-state index is -0.305. The van der Waals surface area contributed by atoms with Crippen molar-refractivity contribution in [3.63, 3.8) is 0 Å². The number of para-hydroxylation sites is 1. The first-order chi connectivity index (χ1) is 15.2. The zero-order chi connectivity index (χ0) is 21.6. The van der Waals surface area contributed by atoms with Gasteiger partial charge in [-0.05, 0) is 67.6 Å². The SMILES string of the molecule is CCOC(=O)c1cc2c(n1Cc1ccc(OC)cc1)/C(=N/Nc1ccccc1)CCC2. The Balaban J connectivity index is 1.73. The number of carbonyl (C=O) groups is 1. The van der Waals surface area contributed by atoms with Crippen molar-refractivity contribution in [1.29, 1.82) is 0 Å². The van der Waals surface area contributed by atoms with Gasteiger partial charge >= 0.3 is 5.97 Å². The summed E-state index contributed by atoms with van der Waals surface area (Å²) in [5.74, 6) is 0.499. The van der Waals surface area contributed by atoms with Crippen molar-refractivity contribution < 1.29 is 14.3 Å². The van der Waals surface area contributed by atoms with E-state index in [1.807, 2.05) is 72.2 Å². The highest BCUT2D eigenvalue weighted by Crippen LogP contribution is 2.28. The molecule has 2 aromatic carbocycles. The number of hydrazone groups is 1. The van der Waals surface area contributed by atoms with Crippen LogP contribution >= 0.6 is 0 Å². The summed E-state index contributed by atoms with van der Waals surface area (Å²) in [7, 11) is 1.65. The van der Waals surface area contributed by atoms with Crippen LogP contribution in [0.4, 0.5) is 5.69 Å². The van der Waals surface area contributed by atoms with Gasteiger partial charge in [-0.15, -0.1) is 0 Å². The van der Waals surface area contributed by atoms with Crippen LogP contribution in [-0.4, -0.2) is 30.0 Å². The molecule has 6 heteroatoms. The second kappa shape index (κ2) is 9.51. The van der Waals surface area contributed by atoms with E-state index >= 15 is 0 Å². The molecule has 0 saturated carbocycles. The number of nitrogens with zero attached hydrogens (tertiary/aromatic N) is 2. The predicted octanol–water partition coefficient (Wildman–Crippen LogP) is 4.87. The van der Waals surface area contributed by atoms with Crippen molar-refractivity contribution in [2.45, 2.75) is 32.7 Å². The molecule has 1 aliphatic rings. The van der Waals surface area contributed by atoms with Crippen LogP contribution in [0, 0.1) is 0 Å². The predicted molar refractivity (Wildman–Crippen MR) is 122 cm³/mol. The molecule has 0 aliphatic heterocycles. The van der Waals surface area contributed by atoms with E-state index in [4.69, 9.17) is 14.6 Å². The Morgan fingerprint density at radius 3 is 2.58 bits per heavy atom. The summed E-state index contributed by atoms with van der Waals surface area (Å²) < 4.78 is 12.7. The lowest BCUT2D eigenvalue weighted by Crippen LogP contribution is -2.21. The summed E-state index contributed by atoms with van der Waals surface area (Å²) in [6, 6.07) is 19.7. The van der Waals surface area contributed by atoms with Crippen molar-refractivity contribution in [3.8, 4) is 5.75 Å². The van der Waals surface area contributed by atoms with Gasteiger partial charge in [0.15, 0.2) is 0 Å². The fraction of sp³-hybridized carbons (Fsp3) is 0.280. The van der Waals surface area contributed by atoms with Crippen LogP contribution in [0.2, 0.25) is 0 Å². The fourth-order valence-electron chi connectivity index (χ4n) is 3.91. The van der Waals surface area contributed by atoms with Crippen molar-refractivity contribution in [2.75, 3.05) is 19.1 Å². The third kappa shape index (κ3) is 4.63. The summed E-state index contributed by atoms with van der Waals surface area (Å²) in [5, 5.41) is 4.72. The number of nitrogens with one attached hydrogen (secondary N) is 1. The second-order valence-corrected chi connectivity index (χ2v) is 7.45. The molecular weight excluding hydrogens is 390 g/mol. The number of fused-ring (bicyclic) bond motifs is 1. The van der Waals surface area contributed by atoms with E-state index in [1.165, 1.54) is 0 Å². The lowest BCUT2D eigenvalue weighted by atomic mass is 9.96.